The topological polar surface area (TPSA) is 181 Å². The van der Waals surface area contributed by atoms with Gasteiger partial charge in [0.1, 0.15) is 30.4 Å². The van der Waals surface area contributed by atoms with Gasteiger partial charge in [0.05, 0.1) is 14.7 Å². The van der Waals surface area contributed by atoms with Crippen LogP contribution in [0.1, 0.15) is 263 Å². The van der Waals surface area contributed by atoms with Crippen molar-refractivity contribution in [2.24, 2.45) is 0 Å². The van der Waals surface area contributed by atoms with E-state index in [4.69, 9.17) is 3.32 Å². The Bertz CT molecular complexity index is 1880. The van der Waals surface area contributed by atoms with Gasteiger partial charge in [-0.2, -0.15) is 0 Å². The maximum atomic E-state index is 11.2. The maximum absolute atomic E-state index is 11.2. The van der Waals surface area contributed by atoms with E-state index in [1.54, 1.807) is 75.4 Å². The average Bonchev–Trinajstić information content (AvgIpc) is 3.36. The van der Waals surface area contributed by atoms with E-state index in [0.29, 0.717) is 42.1 Å². The molecule has 3 aromatic carbocycles. The van der Waals surface area contributed by atoms with E-state index < -0.39 is 30.4 Å². The normalized spacial score (nSPS) is 11.6. The second-order valence-corrected chi connectivity index (χ2v) is 24.6. The molecule has 10 nitrogen and oxygen atoms in total. The van der Waals surface area contributed by atoms with Crippen molar-refractivity contribution in [3.05, 3.63) is 89.5 Å². The van der Waals surface area contributed by atoms with Crippen molar-refractivity contribution in [1.29, 1.82) is 0 Å². The van der Waals surface area contributed by atoms with Gasteiger partial charge in [-0.15, -0.1) is 0 Å². The van der Waals surface area contributed by atoms with Crippen molar-refractivity contribution in [2.45, 2.75) is 287 Å². The molecule has 0 unspecified atom stereocenters. The van der Waals surface area contributed by atoms with Crippen LogP contribution in [0.2, 0.25) is 0 Å². The van der Waals surface area contributed by atoms with E-state index in [1.807, 2.05) is 13.8 Å². The Balaban J connectivity index is 0.00000103. The summed E-state index contributed by atoms with van der Waals surface area (Å²) in [5.41, 5.74) is 2.00. The van der Waals surface area contributed by atoms with Crippen LogP contribution in [0.4, 0.5) is 0 Å². The molecule has 3 aromatic rings. The third-order valence-corrected chi connectivity index (χ3v) is 16.7. The molecular formula is C60H100O10S3Ti. The summed E-state index contributed by atoms with van der Waals surface area (Å²) in [6, 6.07) is 19.7. The van der Waals surface area contributed by atoms with Gasteiger partial charge in [-0.3, -0.25) is 0 Å². The summed E-state index contributed by atoms with van der Waals surface area (Å²) in [5, 5.41) is 0. The molecule has 0 aliphatic rings. The molecule has 0 aromatic heterocycles. The monoisotopic (exact) mass is 1120 g/mol. The summed E-state index contributed by atoms with van der Waals surface area (Å²) in [6.45, 7) is 10.7. The van der Waals surface area contributed by atoms with Crippen molar-refractivity contribution in [2.75, 3.05) is 0 Å². The largest absolute Gasteiger partial charge is 0.744 e. The molecule has 0 atom stereocenters. The third-order valence-electron chi connectivity index (χ3n) is 13.1. The van der Waals surface area contributed by atoms with Gasteiger partial charge in [0.25, 0.3) is 0 Å². The first-order valence-corrected chi connectivity index (χ1v) is 33.7. The molecule has 0 spiro atoms. The van der Waals surface area contributed by atoms with Gasteiger partial charge in [0, 0.05) is 0 Å². The third kappa shape index (κ3) is 41.2. The second-order valence-electron chi connectivity index (χ2n) is 20.2. The Morgan fingerprint density at radius 2 is 0.500 bits per heavy atom. The second kappa shape index (κ2) is 47.1. The first-order chi connectivity index (χ1) is 35.4. The minimum atomic E-state index is -4.35. The van der Waals surface area contributed by atoms with E-state index in [0.717, 1.165) is 38.5 Å². The van der Waals surface area contributed by atoms with Gasteiger partial charge >= 0.3 is 44.1 Å². The van der Waals surface area contributed by atoms with Crippen LogP contribution in [0, 0.1) is 0 Å². The Kier molecular flexibility index (Phi) is 45.9. The van der Waals surface area contributed by atoms with Gasteiger partial charge < -0.3 is 13.7 Å². The summed E-state index contributed by atoms with van der Waals surface area (Å²) >= 11 is 1.70. The van der Waals surface area contributed by atoms with E-state index >= 15 is 0 Å². The van der Waals surface area contributed by atoms with Crippen LogP contribution >= 0.6 is 0 Å². The maximum Gasteiger partial charge on any atom is 0.124 e. The van der Waals surface area contributed by atoms with Crippen molar-refractivity contribution >= 4 is 30.4 Å². The quantitative estimate of drug-likeness (QED) is 0.0302. The summed E-state index contributed by atoms with van der Waals surface area (Å²) in [7, 11) is -13.0. The van der Waals surface area contributed by atoms with Crippen LogP contribution < -0.4 is 0 Å². The molecule has 0 amide bonds. The average molecular weight is 1130 g/mol. The summed E-state index contributed by atoms with van der Waals surface area (Å²) in [6.07, 6.45) is 44.1. The van der Waals surface area contributed by atoms with Crippen LogP contribution in [0.25, 0.3) is 0 Å². The number of hydrogen-bond donors (Lipinski definition) is 0. The molecule has 0 saturated carbocycles. The van der Waals surface area contributed by atoms with E-state index in [1.165, 1.54) is 192 Å². The first-order valence-electron chi connectivity index (χ1n) is 28.9. The predicted octanol–water partition coefficient (Wildman–Crippen LogP) is 17.2. The van der Waals surface area contributed by atoms with Crippen LogP contribution in [0.5, 0.6) is 0 Å². The molecule has 0 bridgehead atoms. The van der Waals surface area contributed by atoms with E-state index in [2.05, 4.69) is 20.8 Å². The molecule has 3 rings (SSSR count). The Hall–Kier alpha value is -1.94. The molecule has 14 heteroatoms. The Labute approximate surface area is 466 Å². The van der Waals surface area contributed by atoms with Crippen molar-refractivity contribution in [3.8, 4) is 0 Å². The molecule has 74 heavy (non-hydrogen) atoms. The fraction of sp³-hybridized carbons (Fsp3) is 0.700. The molecular weight excluding hydrogens is 1020 g/mol. The minimum Gasteiger partial charge on any atom is -0.744 e. The minimum absolute atomic E-state index is 0.0490. The number of rotatable bonds is 40. The smallest absolute Gasteiger partial charge is 0.124 e. The Morgan fingerprint density at radius 3 is 0.662 bits per heavy atom. The van der Waals surface area contributed by atoms with Crippen molar-refractivity contribution in [1.82, 2.24) is 0 Å². The fourth-order valence-electron chi connectivity index (χ4n) is 8.80. The van der Waals surface area contributed by atoms with Crippen molar-refractivity contribution in [3.63, 3.8) is 0 Å². The molecule has 0 saturated heterocycles. The molecule has 422 valence electrons. The fourth-order valence-corrected chi connectivity index (χ4v) is 11.0. The van der Waals surface area contributed by atoms with Crippen LogP contribution in [0.3, 0.4) is 0 Å². The van der Waals surface area contributed by atoms with Gasteiger partial charge in [-0.05, 0) is 73.4 Å². The predicted molar refractivity (Wildman–Crippen MR) is 300 cm³/mol. The standard InChI is InChI=1S/3C19H32O3S.C3H7O.Ti/c3*1-2-3-4-5-6-7-8-9-10-11-12-15-18-16-13-14-17-19(18)23(20,21)22;1-3(2)4;/h3*13-14,16-17H,2-12,15H2,1H3,(H,20,21,22);3H,1-2H3;/q;;;-1;+4/p-3. The molecule has 0 aliphatic carbocycles. The molecule has 0 heterocycles. The molecule has 0 N–H and O–H groups in total. The number of unbranched alkanes of at least 4 members (excludes halogenated alkanes) is 30. The van der Waals surface area contributed by atoms with Crippen LogP contribution in [-0.2, 0) is 73.8 Å². The van der Waals surface area contributed by atoms with Gasteiger partial charge in [0.2, 0.25) is 0 Å². The van der Waals surface area contributed by atoms with Crippen LogP contribution in [0.15, 0.2) is 87.5 Å². The van der Waals surface area contributed by atoms with Crippen molar-refractivity contribution < 1.29 is 63.1 Å². The first kappa shape index (κ1) is 72.1. The summed E-state index contributed by atoms with van der Waals surface area (Å²) < 4.78 is 106. The zero-order chi connectivity index (χ0) is 55.2. The summed E-state index contributed by atoms with van der Waals surface area (Å²) in [5.74, 6) is 0. The SMILES string of the molecule is CC(C)[O][Ti+3].CCCCCCCCCCCCCc1ccccc1S(=O)(=O)[O-].CCCCCCCCCCCCCc1ccccc1S(=O)(=O)[O-].CCCCCCCCCCCCCc1ccccc1S(=O)(=O)[O-]. The van der Waals surface area contributed by atoms with Gasteiger partial charge in [-0.25, -0.2) is 25.3 Å². The molecule has 0 aliphatic heterocycles. The van der Waals surface area contributed by atoms with Crippen LogP contribution in [-0.4, -0.2) is 45.0 Å². The number of benzene rings is 3. The zero-order valence-electron chi connectivity index (χ0n) is 46.8. The molecule has 0 radical (unpaired) electrons. The van der Waals surface area contributed by atoms with Gasteiger partial charge in [-0.1, -0.05) is 268 Å². The Morgan fingerprint density at radius 1 is 0.338 bits per heavy atom. The van der Waals surface area contributed by atoms with E-state index in [-0.39, 0.29) is 14.7 Å². The summed E-state index contributed by atoms with van der Waals surface area (Å²) in [4.78, 5) is -0.147. The van der Waals surface area contributed by atoms with Gasteiger partial charge in [0.15, 0.2) is 0 Å². The van der Waals surface area contributed by atoms with E-state index in [9.17, 15) is 38.9 Å². The molecule has 0 fully saturated rings. The number of aryl methyl sites for hydroxylation is 3. The zero-order valence-corrected chi connectivity index (χ0v) is 50.8. The number of hydrogen-bond acceptors (Lipinski definition) is 10.